The van der Waals surface area contributed by atoms with Gasteiger partial charge in [-0.3, -0.25) is 20.2 Å². The van der Waals surface area contributed by atoms with Gasteiger partial charge >= 0.3 is 5.69 Å². The third kappa shape index (κ3) is 2.89. The first kappa shape index (κ1) is 13.6. The number of carbonyl (C=O) groups is 1. The van der Waals surface area contributed by atoms with Crippen LogP contribution < -0.4 is 5.32 Å². The van der Waals surface area contributed by atoms with Crippen molar-refractivity contribution in [2.45, 2.75) is 18.8 Å². The van der Waals surface area contributed by atoms with Gasteiger partial charge in [0.05, 0.1) is 10.6 Å². The van der Waals surface area contributed by atoms with Gasteiger partial charge in [-0.25, -0.2) is 4.98 Å². The van der Waals surface area contributed by atoms with E-state index in [0.717, 1.165) is 30.7 Å². The number of anilines is 1. The molecule has 2 aromatic rings. The first-order valence-corrected chi connectivity index (χ1v) is 7.13. The fraction of sp³-hybridized carbons (Fsp3) is 0.231. The Labute approximate surface area is 122 Å². The lowest BCUT2D eigenvalue weighted by Crippen LogP contribution is -2.12. The summed E-state index contributed by atoms with van der Waals surface area (Å²) in [6, 6.07) is 3.04. The number of halogens is 1. The van der Waals surface area contributed by atoms with Gasteiger partial charge < -0.3 is 0 Å². The minimum absolute atomic E-state index is 0.0151. The van der Waals surface area contributed by atoms with Gasteiger partial charge in [0.2, 0.25) is 5.82 Å². The molecule has 0 spiro atoms. The maximum absolute atomic E-state index is 13.5. The molecule has 1 heterocycles. The molecule has 3 rings (SSSR count). The van der Waals surface area contributed by atoms with Gasteiger partial charge in [-0.2, -0.15) is 4.39 Å². The molecule has 1 aliphatic rings. The standard InChI is InChI=1S/C13H10FN3O3S/c14-9-5-8(3-4-11(9)17(19)20)12(18)16-13-15-10(6-21-13)7-1-2-7/h3-7H,1-2H2,(H,15,16,18). The van der Waals surface area contributed by atoms with E-state index in [2.05, 4.69) is 10.3 Å². The third-order valence-electron chi connectivity index (χ3n) is 3.14. The van der Waals surface area contributed by atoms with Gasteiger partial charge in [0.25, 0.3) is 5.91 Å². The SMILES string of the molecule is O=C(Nc1nc(C2CC2)cs1)c1ccc([N+](=O)[O-])c(F)c1. The maximum atomic E-state index is 13.5. The van der Waals surface area contributed by atoms with Crippen molar-refractivity contribution < 1.29 is 14.1 Å². The number of aromatic nitrogens is 1. The van der Waals surface area contributed by atoms with Crippen LogP contribution in [0.5, 0.6) is 0 Å². The molecule has 108 valence electrons. The zero-order chi connectivity index (χ0) is 15.0. The van der Waals surface area contributed by atoms with Crippen molar-refractivity contribution in [1.82, 2.24) is 4.98 Å². The quantitative estimate of drug-likeness (QED) is 0.693. The van der Waals surface area contributed by atoms with E-state index >= 15 is 0 Å². The number of hydrogen-bond acceptors (Lipinski definition) is 5. The number of nitrogens with one attached hydrogen (secondary N) is 1. The number of benzene rings is 1. The van der Waals surface area contributed by atoms with Gasteiger partial charge in [-0.15, -0.1) is 11.3 Å². The third-order valence-corrected chi connectivity index (χ3v) is 3.92. The number of nitro groups is 1. The van der Waals surface area contributed by atoms with Crippen LogP contribution in [-0.2, 0) is 0 Å². The van der Waals surface area contributed by atoms with Crippen LogP contribution in [0, 0.1) is 15.9 Å². The largest absolute Gasteiger partial charge is 0.304 e. The summed E-state index contributed by atoms with van der Waals surface area (Å²) in [7, 11) is 0. The average Bonchev–Trinajstić information content (AvgIpc) is 3.19. The molecule has 0 unspecified atom stereocenters. The van der Waals surface area contributed by atoms with Crippen molar-refractivity contribution in [3.05, 3.63) is 50.8 Å². The van der Waals surface area contributed by atoms with E-state index in [0.29, 0.717) is 11.0 Å². The number of carbonyl (C=O) groups excluding carboxylic acids is 1. The molecule has 0 radical (unpaired) electrons. The van der Waals surface area contributed by atoms with E-state index in [1.54, 1.807) is 0 Å². The highest BCUT2D eigenvalue weighted by molar-refractivity contribution is 7.14. The highest BCUT2D eigenvalue weighted by atomic mass is 32.1. The minimum Gasteiger partial charge on any atom is -0.298 e. The summed E-state index contributed by atoms with van der Waals surface area (Å²) in [6.07, 6.45) is 2.23. The van der Waals surface area contributed by atoms with Crippen LogP contribution in [0.25, 0.3) is 0 Å². The summed E-state index contributed by atoms with van der Waals surface area (Å²) in [6.45, 7) is 0. The number of hydrogen-bond donors (Lipinski definition) is 1. The van der Waals surface area contributed by atoms with E-state index < -0.39 is 22.3 Å². The van der Waals surface area contributed by atoms with Gasteiger partial charge in [-0.05, 0) is 25.0 Å². The maximum Gasteiger partial charge on any atom is 0.304 e. The average molecular weight is 307 g/mol. The molecule has 0 bridgehead atoms. The topological polar surface area (TPSA) is 85.1 Å². The van der Waals surface area contributed by atoms with Gasteiger partial charge in [0, 0.05) is 22.9 Å². The van der Waals surface area contributed by atoms with E-state index in [9.17, 15) is 19.3 Å². The number of nitrogens with zero attached hydrogens (tertiary/aromatic N) is 2. The van der Waals surface area contributed by atoms with Crippen molar-refractivity contribution in [3.8, 4) is 0 Å². The molecule has 1 aliphatic carbocycles. The van der Waals surface area contributed by atoms with Crippen molar-refractivity contribution in [1.29, 1.82) is 0 Å². The molecule has 0 atom stereocenters. The van der Waals surface area contributed by atoms with Crippen molar-refractivity contribution in [2.75, 3.05) is 5.32 Å². The second kappa shape index (κ2) is 5.21. The van der Waals surface area contributed by atoms with Crippen molar-refractivity contribution >= 4 is 28.1 Å². The Kier molecular flexibility index (Phi) is 3.38. The summed E-state index contributed by atoms with van der Waals surface area (Å²) >= 11 is 1.31. The Morgan fingerprint density at radius 1 is 1.48 bits per heavy atom. The van der Waals surface area contributed by atoms with Crippen LogP contribution in [-0.4, -0.2) is 15.8 Å². The van der Waals surface area contributed by atoms with Gasteiger partial charge in [0.15, 0.2) is 5.13 Å². The molecule has 1 N–H and O–H groups in total. The Bertz CT molecular complexity index is 727. The zero-order valence-electron chi connectivity index (χ0n) is 10.7. The number of thiazole rings is 1. The number of rotatable bonds is 4. The molecule has 1 aromatic heterocycles. The molecular formula is C13H10FN3O3S. The lowest BCUT2D eigenvalue weighted by Gasteiger charge is -2.02. The number of nitro benzene ring substituents is 1. The lowest BCUT2D eigenvalue weighted by molar-refractivity contribution is -0.387. The first-order valence-electron chi connectivity index (χ1n) is 6.25. The molecule has 21 heavy (non-hydrogen) atoms. The van der Waals surface area contributed by atoms with E-state index in [1.165, 1.54) is 17.4 Å². The monoisotopic (exact) mass is 307 g/mol. The molecule has 1 saturated carbocycles. The van der Waals surface area contributed by atoms with E-state index in [-0.39, 0.29) is 5.56 Å². The summed E-state index contributed by atoms with van der Waals surface area (Å²) in [5, 5.41) is 15.4. The van der Waals surface area contributed by atoms with Crippen LogP contribution in [0.1, 0.15) is 34.8 Å². The normalized spacial score (nSPS) is 14.0. The van der Waals surface area contributed by atoms with Gasteiger partial charge in [0.1, 0.15) is 0 Å². The van der Waals surface area contributed by atoms with Crippen molar-refractivity contribution in [2.24, 2.45) is 0 Å². The summed E-state index contributed by atoms with van der Waals surface area (Å²) in [4.78, 5) is 25.9. The molecule has 0 aliphatic heterocycles. The second-order valence-corrected chi connectivity index (χ2v) is 5.59. The Morgan fingerprint density at radius 2 is 2.24 bits per heavy atom. The Balaban J connectivity index is 1.75. The molecule has 8 heteroatoms. The summed E-state index contributed by atoms with van der Waals surface area (Å²) in [5.74, 6) is -1.09. The fourth-order valence-electron chi connectivity index (χ4n) is 1.88. The minimum atomic E-state index is -1.04. The smallest absolute Gasteiger partial charge is 0.298 e. The van der Waals surface area contributed by atoms with Crippen LogP contribution >= 0.6 is 11.3 Å². The Hall–Kier alpha value is -2.35. The molecule has 0 saturated heterocycles. The van der Waals surface area contributed by atoms with Crippen LogP contribution in [0.3, 0.4) is 0 Å². The van der Waals surface area contributed by atoms with Crippen molar-refractivity contribution in [3.63, 3.8) is 0 Å². The summed E-state index contributed by atoms with van der Waals surface area (Å²) in [5.41, 5.74) is 0.322. The van der Waals surface area contributed by atoms with Gasteiger partial charge in [-0.1, -0.05) is 0 Å². The molecule has 6 nitrogen and oxygen atoms in total. The second-order valence-electron chi connectivity index (χ2n) is 4.73. The summed E-state index contributed by atoms with van der Waals surface area (Å²) < 4.78 is 13.5. The van der Waals surface area contributed by atoms with Crippen LogP contribution in [0.2, 0.25) is 0 Å². The highest BCUT2D eigenvalue weighted by Gasteiger charge is 2.26. The zero-order valence-corrected chi connectivity index (χ0v) is 11.5. The molecular weight excluding hydrogens is 297 g/mol. The molecule has 1 fully saturated rings. The fourth-order valence-corrected chi connectivity index (χ4v) is 2.66. The molecule has 1 aromatic carbocycles. The molecule has 1 amide bonds. The first-order chi connectivity index (χ1) is 10.0. The Morgan fingerprint density at radius 3 is 2.86 bits per heavy atom. The predicted molar refractivity (Wildman–Crippen MR) is 75.1 cm³/mol. The number of amides is 1. The lowest BCUT2D eigenvalue weighted by atomic mass is 10.2. The van der Waals surface area contributed by atoms with Crippen LogP contribution in [0.15, 0.2) is 23.6 Å². The predicted octanol–water partition coefficient (Wildman–Crippen LogP) is 3.32. The van der Waals surface area contributed by atoms with Crippen LogP contribution in [0.4, 0.5) is 15.2 Å². The van der Waals surface area contributed by atoms with E-state index in [1.807, 2.05) is 5.38 Å². The highest BCUT2D eigenvalue weighted by Crippen LogP contribution is 2.40. The van der Waals surface area contributed by atoms with E-state index in [4.69, 9.17) is 0 Å².